The molecule has 0 aliphatic heterocycles. The number of ether oxygens (including phenoxy) is 1. The summed E-state index contributed by atoms with van der Waals surface area (Å²) in [6, 6.07) is 105. The van der Waals surface area contributed by atoms with Crippen molar-refractivity contribution >= 4 is 54.8 Å². The van der Waals surface area contributed by atoms with E-state index in [9.17, 15) is 0 Å². The van der Waals surface area contributed by atoms with Crippen molar-refractivity contribution in [3.05, 3.63) is 310 Å². The van der Waals surface area contributed by atoms with Crippen LogP contribution < -0.4 is 9.30 Å². The van der Waals surface area contributed by atoms with Gasteiger partial charge in [0, 0.05) is 39.9 Å². The standard InChI is InChI=1S/C78H50N4O2/c1-5-21-52(22-6-1)56-41-57(53-23-7-2-8-24-53)44-60(43-56)65-33-20-34-66(61-45-58(54-25-9-3-10-26-54)42-59(46-61)55-27-11-4-12-28-55)78(65)81-51-80(72-36-16-17-37-73(72)81)62-29-19-30-63(47-62)83-64-39-40-68-67-31-13-15-35-71(67)82(74(68)48-64)77-49-76-70(50-79-77)69-32-14-18-38-75(69)84-76/h1-50H. The van der Waals surface area contributed by atoms with Crippen LogP contribution in [0.1, 0.15) is 0 Å². The van der Waals surface area contributed by atoms with E-state index in [4.69, 9.17) is 14.1 Å². The maximum atomic E-state index is 6.91. The molecule has 0 aliphatic rings. The average molecular weight is 1080 g/mol. The summed E-state index contributed by atoms with van der Waals surface area (Å²) in [6.07, 6.45) is 5.89. The molecule has 0 bridgehead atoms. The number of fused-ring (bicyclic) bond motifs is 7. The second kappa shape index (κ2) is 20.3. The minimum atomic E-state index is 0.687. The predicted octanol–water partition coefficient (Wildman–Crippen LogP) is 19.9. The maximum Gasteiger partial charge on any atom is 0.269 e. The van der Waals surface area contributed by atoms with Crippen LogP contribution in [0.5, 0.6) is 11.5 Å². The largest absolute Gasteiger partial charge is 0.458 e. The highest BCUT2D eigenvalue weighted by Gasteiger charge is 2.23. The lowest BCUT2D eigenvalue weighted by Crippen LogP contribution is -2.31. The highest BCUT2D eigenvalue weighted by atomic mass is 16.5. The van der Waals surface area contributed by atoms with Gasteiger partial charge in [-0.05, 0) is 146 Å². The van der Waals surface area contributed by atoms with Gasteiger partial charge in [-0.3, -0.25) is 13.7 Å². The third-order valence-electron chi connectivity index (χ3n) is 16.2. The molecule has 0 fully saturated rings. The van der Waals surface area contributed by atoms with Gasteiger partial charge in [-0.15, -0.1) is 0 Å². The molecular weight excluding hydrogens is 1020 g/mol. The van der Waals surface area contributed by atoms with Crippen molar-refractivity contribution in [3.63, 3.8) is 0 Å². The number of furan rings is 1. The summed E-state index contributed by atoms with van der Waals surface area (Å²) in [5.74, 6) is 2.15. The van der Waals surface area contributed by atoms with Crippen molar-refractivity contribution in [2.75, 3.05) is 0 Å². The zero-order valence-corrected chi connectivity index (χ0v) is 45.5. The van der Waals surface area contributed by atoms with E-state index in [1.165, 1.54) is 0 Å². The van der Waals surface area contributed by atoms with Crippen LogP contribution >= 0.6 is 0 Å². The summed E-state index contributed by atoms with van der Waals surface area (Å²) in [5, 5.41) is 4.26. The molecule has 0 aliphatic carbocycles. The monoisotopic (exact) mass is 1070 g/mol. The maximum absolute atomic E-state index is 6.91. The zero-order chi connectivity index (χ0) is 55.5. The fourth-order valence-corrected chi connectivity index (χ4v) is 12.2. The SMILES string of the molecule is [c-]1n(-c2cccc(Oc3ccc4c5ccccc5n(-c5cc6oc7ccccc7c6cn5)c4c3)c2)c2ccccc2[n+]1-c1c(-c2cc(-c3ccccc3)cc(-c3ccccc3)c2)cccc1-c1cc(-c2ccccc2)cc(-c2ccccc2)c1. The normalized spacial score (nSPS) is 11.6. The topological polar surface area (TPSA) is 49.0 Å². The Hall–Kier alpha value is -11.3. The van der Waals surface area contributed by atoms with Crippen molar-refractivity contribution < 1.29 is 13.7 Å². The van der Waals surface area contributed by atoms with Crippen molar-refractivity contribution in [2.24, 2.45) is 0 Å². The average Bonchev–Trinajstić information content (AvgIpc) is 2.61. The Morgan fingerprint density at radius 2 is 0.845 bits per heavy atom. The van der Waals surface area contributed by atoms with Crippen LogP contribution in [0.25, 0.3) is 139 Å². The quantitative estimate of drug-likeness (QED) is 0.0958. The highest BCUT2D eigenvalue weighted by molar-refractivity contribution is 6.10. The molecule has 16 rings (SSSR count). The smallest absolute Gasteiger partial charge is 0.269 e. The Bertz CT molecular complexity index is 4900. The van der Waals surface area contributed by atoms with Gasteiger partial charge in [0.05, 0.1) is 33.4 Å². The Balaban J connectivity index is 0.863. The fourth-order valence-electron chi connectivity index (χ4n) is 12.2. The van der Waals surface area contributed by atoms with Gasteiger partial charge in [-0.1, -0.05) is 206 Å². The Labute approximate surface area is 485 Å². The second-order valence-corrected chi connectivity index (χ2v) is 21.3. The first-order chi connectivity index (χ1) is 41.6. The first-order valence-corrected chi connectivity index (χ1v) is 28.3. The van der Waals surface area contributed by atoms with Gasteiger partial charge in [-0.25, -0.2) is 4.98 Å². The summed E-state index contributed by atoms with van der Waals surface area (Å²) in [7, 11) is 0. The summed E-state index contributed by atoms with van der Waals surface area (Å²) < 4.78 is 19.9. The molecule has 4 aromatic heterocycles. The molecule has 12 aromatic carbocycles. The molecule has 0 saturated heterocycles. The van der Waals surface area contributed by atoms with Gasteiger partial charge in [0.25, 0.3) is 6.33 Å². The van der Waals surface area contributed by atoms with Gasteiger partial charge < -0.3 is 9.15 Å². The van der Waals surface area contributed by atoms with Gasteiger partial charge in [0.15, 0.2) is 0 Å². The molecule has 6 nitrogen and oxygen atoms in total. The molecule has 0 atom stereocenters. The third kappa shape index (κ3) is 8.60. The van der Waals surface area contributed by atoms with Gasteiger partial charge in [-0.2, -0.15) is 0 Å². The number of nitrogens with zero attached hydrogens (tertiary/aromatic N) is 4. The van der Waals surface area contributed by atoms with Crippen LogP contribution in [0, 0.1) is 6.33 Å². The number of benzene rings is 12. The lowest BCUT2D eigenvalue weighted by atomic mass is 9.89. The summed E-state index contributed by atoms with van der Waals surface area (Å²) in [5.41, 5.74) is 21.0. The number of hydrogen-bond donors (Lipinski definition) is 0. The lowest BCUT2D eigenvalue weighted by molar-refractivity contribution is -0.571. The number of hydrogen-bond acceptors (Lipinski definition) is 3. The molecule has 6 heteroatoms. The van der Waals surface area contributed by atoms with E-state index in [-0.39, 0.29) is 0 Å². The molecule has 84 heavy (non-hydrogen) atoms. The van der Waals surface area contributed by atoms with Crippen LogP contribution in [0.4, 0.5) is 0 Å². The predicted molar refractivity (Wildman–Crippen MR) is 342 cm³/mol. The van der Waals surface area contributed by atoms with E-state index in [0.717, 1.165) is 139 Å². The molecule has 0 saturated carbocycles. The van der Waals surface area contributed by atoms with Crippen LogP contribution in [0.2, 0.25) is 0 Å². The number of imidazole rings is 1. The zero-order valence-electron chi connectivity index (χ0n) is 45.5. The van der Waals surface area contributed by atoms with E-state index in [1.807, 2.05) is 36.5 Å². The van der Waals surface area contributed by atoms with E-state index in [1.54, 1.807) is 0 Å². The van der Waals surface area contributed by atoms with Crippen LogP contribution in [-0.4, -0.2) is 14.1 Å². The third-order valence-corrected chi connectivity index (χ3v) is 16.2. The van der Waals surface area contributed by atoms with Crippen molar-refractivity contribution in [2.45, 2.75) is 0 Å². The van der Waals surface area contributed by atoms with Gasteiger partial charge >= 0.3 is 0 Å². The Morgan fingerprint density at radius 3 is 1.46 bits per heavy atom. The van der Waals surface area contributed by atoms with Crippen molar-refractivity contribution in [1.29, 1.82) is 0 Å². The lowest BCUT2D eigenvalue weighted by Gasteiger charge is -2.20. The Morgan fingerprint density at radius 1 is 0.345 bits per heavy atom. The minimum Gasteiger partial charge on any atom is -0.458 e. The number of para-hydroxylation sites is 5. The highest BCUT2D eigenvalue weighted by Crippen LogP contribution is 2.42. The molecule has 16 aromatic rings. The first kappa shape index (κ1) is 48.6. The van der Waals surface area contributed by atoms with E-state index in [0.29, 0.717) is 11.5 Å². The van der Waals surface area contributed by atoms with Crippen molar-refractivity contribution in [1.82, 2.24) is 14.1 Å². The van der Waals surface area contributed by atoms with Crippen LogP contribution in [-0.2, 0) is 0 Å². The molecule has 4 heterocycles. The molecule has 0 N–H and O–H groups in total. The molecule has 0 radical (unpaired) electrons. The molecule has 0 unspecified atom stereocenters. The van der Waals surface area contributed by atoms with Gasteiger partial charge in [0.1, 0.15) is 28.5 Å². The molecule has 0 amide bonds. The van der Waals surface area contributed by atoms with Crippen LogP contribution in [0.15, 0.2) is 308 Å². The summed E-state index contributed by atoms with van der Waals surface area (Å²) >= 11 is 0. The number of rotatable bonds is 11. The summed E-state index contributed by atoms with van der Waals surface area (Å²) in [4.78, 5) is 5.04. The molecule has 394 valence electrons. The molecular formula is C78H50N4O2. The fraction of sp³-hybridized carbons (Fsp3) is 0. The minimum absolute atomic E-state index is 0.687. The van der Waals surface area contributed by atoms with E-state index < -0.39 is 0 Å². The van der Waals surface area contributed by atoms with Crippen LogP contribution in [0.3, 0.4) is 0 Å². The summed E-state index contributed by atoms with van der Waals surface area (Å²) in [6.45, 7) is 0. The van der Waals surface area contributed by atoms with E-state index in [2.05, 4.69) is 287 Å². The van der Waals surface area contributed by atoms with Crippen molar-refractivity contribution in [3.8, 4) is 95.5 Å². The second-order valence-electron chi connectivity index (χ2n) is 21.3. The first-order valence-electron chi connectivity index (χ1n) is 28.3. The number of pyridine rings is 1. The Kier molecular flexibility index (Phi) is 11.8. The number of aromatic nitrogens is 4. The molecule has 0 spiro atoms. The van der Waals surface area contributed by atoms with E-state index >= 15 is 0 Å². The van der Waals surface area contributed by atoms with Gasteiger partial charge in [0.2, 0.25) is 0 Å².